The zero-order valence-corrected chi connectivity index (χ0v) is 10.2. The van der Waals surface area contributed by atoms with Gasteiger partial charge in [0.1, 0.15) is 0 Å². The van der Waals surface area contributed by atoms with E-state index in [2.05, 4.69) is 0 Å². The van der Waals surface area contributed by atoms with Crippen molar-refractivity contribution in [2.75, 3.05) is 0 Å². The van der Waals surface area contributed by atoms with E-state index in [0.29, 0.717) is 12.0 Å². The lowest BCUT2D eigenvalue weighted by Crippen LogP contribution is -2.17. The molecular weight excluding hydrogens is 216 g/mol. The molecule has 0 radical (unpaired) electrons. The second-order valence-electron chi connectivity index (χ2n) is 3.89. The van der Waals surface area contributed by atoms with Gasteiger partial charge in [-0.3, -0.25) is 0 Å². The number of benzene rings is 1. The van der Waals surface area contributed by atoms with Gasteiger partial charge < -0.3 is 9.84 Å². The van der Waals surface area contributed by atoms with Gasteiger partial charge in [-0.1, -0.05) is 43.7 Å². The minimum atomic E-state index is -1.01. The molecule has 0 spiro atoms. The molecule has 0 aromatic heterocycles. The number of aliphatic hydroxyl groups excluding tert-OH is 1. The molecule has 1 rings (SSSR count). The fourth-order valence-electron chi connectivity index (χ4n) is 1.38. The van der Waals surface area contributed by atoms with Gasteiger partial charge in [-0.25, -0.2) is 4.79 Å². The first-order chi connectivity index (χ1) is 8.13. The Balaban J connectivity index is 2.61. The van der Waals surface area contributed by atoms with E-state index < -0.39 is 12.3 Å². The molecule has 3 heteroatoms. The summed E-state index contributed by atoms with van der Waals surface area (Å²) in [5.74, 6) is -0.477. The van der Waals surface area contributed by atoms with E-state index in [9.17, 15) is 9.90 Å². The second-order valence-corrected chi connectivity index (χ2v) is 3.89. The molecule has 0 saturated carbocycles. The van der Waals surface area contributed by atoms with Crippen LogP contribution in [0, 0.1) is 0 Å². The van der Waals surface area contributed by atoms with Gasteiger partial charge in [0, 0.05) is 12.0 Å². The quantitative estimate of drug-likeness (QED) is 0.484. The highest BCUT2D eigenvalue weighted by atomic mass is 16.6. The van der Waals surface area contributed by atoms with Crippen LogP contribution in [-0.4, -0.2) is 17.4 Å². The highest BCUT2D eigenvalue weighted by molar-refractivity contribution is 5.93. The molecule has 0 saturated heterocycles. The lowest BCUT2D eigenvalue weighted by Gasteiger charge is -2.10. The molecule has 0 heterocycles. The molecule has 1 N–H and O–H groups in total. The van der Waals surface area contributed by atoms with Gasteiger partial charge in [-0.05, 0) is 18.6 Å². The molecule has 0 amide bonds. The van der Waals surface area contributed by atoms with Crippen molar-refractivity contribution < 1.29 is 14.6 Å². The second kappa shape index (κ2) is 6.86. The van der Waals surface area contributed by atoms with Crippen molar-refractivity contribution in [2.45, 2.75) is 33.0 Å². The SMILES string of the molecule is CCCC(O)OC(=O)C(C)=Cc1ccccc1. The maximum atomic E-state index is 11.6. The van der Waals surface area contributed by atoms with Crippen molar-refractivity contribution in [3.8, 4) is 0 Å². The molecule has 1 atom stereocenters. The zero-order chi connectivity index (χ0) is 12.7. The van der Waals surface area contributed by atoms with E-state index in [-0.39, 0.29) is 0 Å². The molecule has 0 aliphatic carbocycles. The van der Waals surface area contributed by atoms with Gasteiger partial charge >= 0.3 is 5.97 Å². The normalized spacial score (nSPS) is 13.2. The topological polar surface area (TPSA) is 46.5 Å². The third-order valence-corrected chi connectivity index (χ3v) is 2.28. The fourth-order valence-corrected chi connectivity index (χ4v) is 1.38. The van der Waals surface area contributed by atoms with Crippen molar-refractivity contribution in [1.82, 2.24) is 0 Å². The van der Waals surface area contributed by atoms with E-state index >= 15 is 0 Å². The van der Waals surface area contributed by atoms with E-state index in [4.69, 9.17) is 4.74 Å². The largest absolute Gasteiger partial charge is 0.433 e. The minimum Gasteiger partial charge on any atom is -0.433 e. The Morgan fingerprint density at radius 2 is 2.06 bits per heavy atom. The van der Waals surface area contributed by atoms with Crippen molar-refractivity contribution in [3.63, 3.8) is 0 Å². The van der Waals surface area contributed by atoms with E-state index in [1.54, 1.807) is 13.0 Å². The maximum absolute atomic E-state index is 11.6. The fraction of sp³-hybridized carbons (Fsp3) is 0.357. The van der Waals surface area contributed by atoms with Gasteiger partial charge in [0.2, 0.25) is 6.29 Å². The summed E-state index contributed by atoms with van der Waals surface area (Å²) < 4.78 is 4.87. The lowest BCUT2D eigenvalue weighted by atomic mass is 10.1. The summed E-state index contributed by atoms with van der Waals surface area (Å²) in [5, 5.41) is 9.36. The first kappa shape index (κ1) is 13.5. The van der Waals surface area contributed by atoms with Crippen LogP contribution in [0.3, 0.4) is 0 Å². The molecule has 1 aromatic carbocycles. The number of aliphatic hydroxyl groups is 1. The van der Waals surface area contributed by atoms with Crippen molar-refractivity contribution >= 4 is 12.0 Å². The molecule has 17 heavy (non-hydrogen) atoms. The molecule has 92 valence electrons. The van der Waals surface area contributed by atoms with Gasteiger partial charge in [-0.2, -0.15) is 0 Å². The number of esters is 1. The summed E-state index contributed by atoms with van der Waals surface area (Å²) in [5.41, 5.74) is 1.42. The van der Waals surface area contributed by atoms with Crippen LogP contribution >= 0.6 is 0 Å². The first-order valence-corrected chi connectivity index (χ1v) is 5.76. The summed E-state index contributed by atoms with van der Waals surface area (Å²) in [4.78, 5) is 11.6. The Hall–Kier alpha value is -1.61. The Morgan fingerprint density at radius 3 is 2.65 bits per heavy atom. The number of carbonyl (C=O) groups excluding carboxylic acids is 1. The van der Waals surface area contributed by atoms with Crippen LogP contribution in [0.15, 0.2) is 35.9 Å². The Labute approximate surface area is 102 Å². The predicted molar refractivity (Wildman–Crippen MR) is 67.1 cm³/mol. The first-order valence-electron chi connectivity index (χ1n) is 5.76. The van der Waals surface area contributed by atoms with E-state index in [1.807, 2.05) is 37.3 Å². The highest BCUT2D eigenvalue weighted by Gasteiger charge is 2.11. The van der Waals surface area contributed by atoms with Crippen LogP contribution < -0.4 is 0 Å². The summed E-state index contributed by atoms with van der Waals surface area (Å²) in [6.07, 6.45) is 1.97. The van der Waals surface area contributed by atoms with Crippen molar-refractivity contribution in [2.24, 2.45) is 0 Å². The van der Waals surface area contributed by atoms with Gasteiger partial charge in [-0.15, -0.1) is 0 Å². The summed E-state index contributed by atoms with van der Waals surface area (Å²) in [7, 11) is 0. The Bertz CT molecular complexity index is 382. The smallest absolute Gasteiger partial charge is 0.336 e. The highest BCUT2D eigenvalue weighted by Crippen LogP contribution is 2.09. The average molecular weight is 234 g/mol. The van der Waals surface area contributed by atoms with E-state index in [0.717, 1.165) is 12.0 Å². The number of hydrogen-bond acceptors (Lipinski definition) is 3. The summed E-state index contributed by atoms with van der Waals surface area (Å²) in [6, 6.07) is 9.52. The molecule has 0 bridgehead atoms. The number of hydrogen-bond donors (Lipinski definition) is 1. The molecule has 1 unspecified atom stereocenters. The number of carbonyl (C=O) groups is 1. The molecule has 3 nitrogen and oxygen atoms in total. The van der Waals surface area contributed by atoms with Gasteiger partial charge in [0.05, 0.1) is 0 Å². The third-order valence-electron chi connectivity index (χ3n) is 2.28. The Kier molecular flexibility index (Phi) is 5.43. The number of rotatable bonds is 5. The van der Waals surface area contributed by atoms with Gasteiger partial charge in [0.25, 0.3) is 0 Å². The third kappa shape index (κ3) is 4.83. The minimum absolute atomic E-state index is 0.463. The molecular formula is C14H18O3. The standard InChI is InChI=1S/C14H18O3/c1-3-7-13(15)17-14(16)11(2)10-12-8-5-4-6-9-12/h4-6,8-10,13,15H,3,7H2,1-2H3. The van der Waals surface area contributed by atoms with Crippen LogP contribution in [-0.2, 0) is 9.53 Å². The summed E-state index contributed by atoms with van der Waals surface area (Å²) in [6.45, 7) is 3.59. The average Bonchev–Trinajstić information content (AvgIpc) is 2.30. The maximum Gasteiger partial charge on any atom is 0.336 e. The lowest BCUT2D eigenvalue weighted by molar-refractivity contribution is -0.163. The van der Waals surface area contributed by atoms with Crippen LogP contribution in [0.1, 0.15) is 32.3 Å². The van der Waals surface area contributed by atoms with Crippen molar-refractivity contribution in [3.05, 3.63) is 41.5 Å². The number of ether oxygens (including phenoxy) is 1. The molecule has 0 fully saturated rings. The predicted octanol–water partition coefficient (Wildman–Crippen LogP) is 2.75. The zero-order valence-electron chi connectivity index (χ0n) is 10.2. The van der Waals surface area contributed by atoms with Gasteiger partial charge in [0.15, 0.2) is 0 Å². The van der Waals surface area contributed by atoms with Crippen LogP contribution in [0.4, 0.5) is 0 Å². The van der Waals surface area contributed by atoms with Crippen molar-refractivity contribution in [1.29, 1.82) is 0 Å². The Morgan fingerprint density at radius 1 is 1.41 bits per heavy atom. The molecule has 0 aliphatic heterocycles. The van der Waals surface area contributed by atoms with Crippen LogP contribution in [0.25, 0.3) is 6.08 Å². The molecule has 0 aliphatic rings. The van der Waals surface area contributed by atoms with Crippen LogP contribution in [0.2, 0.25) is 0 Å². The monoisotopic (exact) mass is 234 g/mol. The van der Waals surface area contributed by atoms with Crippen LogP contribution in [0.5, 0.6) is 0 Å². The molecule has 1 aromatic rings. The summed E-state index contributed by atoms with van der Waals surface area (Å²) >= 11 is 0. The van der Waals surface area contributed by atoms with E-state index in [1.165, 1.54) is 0 Å².